The Kier molecular flexibility index (Phi) is 3.12. The van der Waals surface area contributed by atoms with Gasteiger partial charge in [0.15, 0.2) is 0 Å². The molecular formula is C11H8ClFO2S. The number of carbonyl (C=O) groups excluding carboxylic acids is 1. The Hall–Kier alpha value is -1.13. The lowest BCUT2D eigenvalue weighted by Crippen LogP contribution is -2.01. The highest BCUT2D eigenvalue weighted by molar-refractivity contribution is 7.20. The Bertz CT molecular complexity index is 550. The van der Waals surface area contributed by atoms with Crippen LogP contribution in [0.5, 0.6) is 0 Å². The summed E-state index contributed by atoms with van der Waals surface area (Å²) in [7, 11) is 0. The monoisotopic (exact) mass is 258 g/mol. The van der Waals surface area contributed by atoms with E-state index in [1.54, 1.807) is 13.0 Å². The van der Waals surface area contributed by atoms with Crippen molar-refractivity contribution in [1.29, 1.82) is 0 Å². The molecule has 0 bridgehead atoms. The summed E-state index contributed by atoms with van der Waals surface area (Å²) < 4.78 is 19.0. The fourth-order valence-corrected chi connectivity index (χ4v) is 2.65. The highest BCUT2D eigenvalue weighted by Crippen LogP contribution is 2.30. The predicted octanol–water partition coefficient (Wildman–Crippen LogP) is 3.87. The maximum Gasteiger partial charge on any atom is 0.348 e. The molecular weight excluding hydrogens is 251 g/mol. The topological polar surface area (TPSA) is 26.3 Å². The van der Waals surface area contributed by atoms with Gasteiger partial charge in [-0.25, -0.2) is 9.18 Å². The Morgan fingerprint density at radius 2 is 2.25 bits per heavy atom. The number of rotatable bonds is 2. The van der Waals surface area contributed by atoms with E-state index in [-0.39, 0.29) is 0 Å². The first-order valence-corrected chi connectivity index (χ1v) is 5.87. The number of fused-ring (bicyclic) bond motifs is 1. The zero-order valence-corrected chi connectivity index (χ0v) is 9.99. The van der Waals surface area contributed by atoms with Crippen molar-refractivity contribution in [3.05, 3.63) is 33.9 Å². The predicted molar refractivity (Wildman–Crippen MR) is 62.7 cm³/mol. The van der Waals surface area contributed by atoms with Gasteiger partial charge in [0.2, 0.25) is 0 Å². The zero-order chi connectivity index (χ0) is 11.7. The van der Waals surface area contributed by atoms with E-state index in [1.165, 1.54) is 23.5 Å². The first-order valence-electron chi connectivity index (χ1n) is 4.67. The molecule has 1 aromatic carbocycles. The van der Waals surface area contributed by atoms with Crippen LogP contribution in [0.1, 0.15) is 16.6 Å². The number of esters is 1. The number of thiophene rings is 1. The third-order valence-corrected chi connectivity index (χ3v) is 3.31. The Morgan fingerprint density at radius 1 is 1.50 bits per heavy atom. The lowest BCUT2D eigenvalue weighted by atomic mass is 10.2. The van der Waals surface area contributed by atoms with Gasteiger partial charge in [0.25, 0.3) is 0 Å². The van der Waals surface area contributed by atoms with Crippen LogP contribution in [0.3, 0.4) is 0 Å². The molecule has 0 spiro atoms. The summed E-state index contributed by atoms with van der Waals surface area (Å²) in [5.74, 6) is -0.853. The van der Waals surface area contributed by atoms with Crippen molar-refractivity contribution in [2.24, 2.45) is 0 Å². The number of halogens is 2. The smallest absolute Gasteiger partial charge is 0.348 e. The van der Waals surface area contributed by atoms with Crippen molar-refractivity contribution in [3.63, 3.8) is 0 Å². The summed E-state index contributed by atoms with van der Waals surface area (Å²) in [5.41, 5.74) is 0. The van der Waals surface area contributed by atoms with Gasteiger partial charge < -0.3 is 4.74 Å². The minimum absolute atomic E-state index is 0.302. The number of hydrogen-bond donors (Lipinski definition) is 0. The molecule has 0 amide bonds. The van der Waals surface area contributed by atoms with E-state index < -0.39 is 11.8 Å². The Morgan fingerprint density at radius 3 is 2.94 bits per heavy atom. The lowest BCUT2D eigenvalue weighted by Gasteiger charge is -1.95. The molecule has 1 aromatic heterocycles. The average Bonchev–Trinajstić information content (AvgIpc) is 2.62. The van der Waals surface area contributed by atoms with Gasteiger partial charge in [-0.2, -0.15) is 0 Å². The highest BCUT2D eigenvalue weighted by Gasteiger charge is 2.13. The molecule has 1 heterocycles. The van der Waals surface area contributed by atoms with Crippen LogP contribution >= 0.6 is 22.9 Å². The summed E-state index contributed by atoms with van der Waals surface area (Å²) in [6, 6.07) is 4.35. The van der Waals surface area contributed by atoms with Crippen molar-refractivity contribution in [3.8, 4) is 0 Å². The average molecular weight is 259 g/mol. The second-order valence-electron chi connectivity index (χ2n) is 3.13. The van der Waals surface area contributed by atoms with Crippen LogP contribution in [-0.2, 0) is 4.74 Å². The summed E-state index contributed by atoms with van der Waals surface area (Å²) in [6.07, 6.45) is 0. The van der Waals surface area contributed by atoms with Gasteiger partial charge in [0, 0.05) is 15.1 Å². The summed E-state index contributed by atoms with van der Waals surface area (Å²) in [6.45, 7) is 2.03. The molecule has 0 aliphatic carbocycles. The Balaban J connectivity index is 2.51. The highest BCUT2D eigenvalue weighted by atomic mass is 35.5. The van der Waals surface area contributed by atoms with Gasteiger partial charge >= 0.3 is 5.97 Å². The minimum atomic E-state index is -0.431. The van der Waals surface area contributed by atoms with Crippen LogP contribution in [0, 0.1) is 5.82 Å². The third kappa shape index (κ3) is 2.03. The largest absolute Gasteiger partial charge is 0.462 e. The maximum absolute atomic E-state index is 13.5. The van der Waals surface area contributed by atoms with Gasteiger partial charge in [0.1, 0.15) is 10.7 Å². The molecule has 16 heavy (non-hydrogen) atoms. The van der Waals surface area contributed by atoms with Gasteiger partial charge in [0.05, 0.1) is 6.61 Å². The summed E-state index contributed by atoms with van der Waals surface area (Å²) >= 11 is 6.90. The molecule has 2 aromatic rings. The first-order chi connectivity index (χ1) is 7.61. The normalized spacial score (nSPS) is 10.7. The second kappa shape index (κ2) is 4.39. The molecule has 0 aliphatic rings. The van der Waals surface area contributed by atoms with E-state index in [4.69, 9.17) is 16.3 Å². The number of hydrogen-bond acceptors (Lipinski definition) is 3. The van der Waals surface area contributed by atoms with E-state index in [1.807, 2.05) is 0 Å². The van der Waals surface area contributed by atoms with Crippen molar-refractivity contribution >= 4 is 39.0 Å². The van der Waals surface area contributed by atoms with Crippen LogP contribution in [0.4, 0.5) is 4.39 Å². The van der Waals surface area contributed by atoms with E-state index in [2.05, 4.69) is 0 Å². The van der Waals surface area contributed by atoms with Gasteiger partial charge in [-0.05, 0) is 25.1 Å². The van der Waals surface area contributed by atoms with Crippen LogP contribution in [0.2, 0.25) is 5.02 Å². The van der Waals surface area contributed by atoms with Crippen LogP contribution < -0.4 is 0 Å². The summed E-state index contributed by atoms with van der Waals surface area (Å²) in [5, 5.41) is 0.722. The van der Waals surface area contributed by atoms with Crippen LogP contribution in [0.15, 0.2) is 18.2 Å². The Labute approximate surface area is 101 Å². The second-order valence-corrected chi connectivity index (χ2v) is 4.65. The van der Waals surface area contributed by atoms with Crippen LogP contribution in [-0.4, -0.2) is 12.6 Å². The number of ether oxygens (including phenoxy) is 1. The third-order valence-electron chi connectivity index (χ3n) is 2.03. The SMILES string of the molecule is CCOC(=O)c1cc2c(F)cc(Cl)cc2s1. The fraction of sp³-hybridized carbons (Fsp3) is 0.182. The molecule has 2 rings (SSSR count). The van der Waals surface area contributed by atoms with Crippen LogP contribution in [0.25, 0.3) is 10.1 Å². The van der Waals surface area contributed by atoms with Crippen molar-refractivity contribution < 1.29 is 13.9 Å². The molecule has 0 aliphatic heterocycles. The minimum Gasteiger partial charge on any atom is -0.462 e. The number of carbonyl (C=O) groups is 1. The first kappa shape index (κ1) is 11.4. The molecule has 0 atom stereocenters. The van der Waals surface area contributed by atoms with Crippen molar-refractivity contribution in [2.45, 2.75) is 6.92 Å². The molecule has 0 fully saturated rings. The quantitative estimate of drug-likeness (QED) is 0.765. The molecule has 0 radical (unpaired) electrons. The van der Waals surface area contributed by atoms with Gasteiger partial charge in [-0.15, -0.1) is 11.3 Å². The fourth-order valence-electron chi connectivity index (χ4n) is 1.37. The van der Waals surface area contributed by atoms with Crippen molar-refractivity contribution in [1.82, 2.24) is 0 Å². The number of benzene rings is 1. The molecule has 5 heteroatoms. The molecule has 0 unspecified atom stereocenters. The van der Waals surface area contributed by atoms with Crippen molar-refractivity contribution in [2.75, 3.05) is 6.61 Å². The zero-order valence-electron chi connectivity index (χ0n) is 8.42. The lowest BCUT2D eigenvalue weighted by molar-refractivity contribution is 0.0532. The van der Waals surface area contributed by atoms with E-state index in [0.29, 0.717) is 26.6 Å². The molecule has 84 valence electrons. The summed E-state index contributed by atoms with van der Waals surface area (Å²) in [4.78, 5) is 11.8. The van der Waals surface area contributed by atoms with Gasteiger partial charge in [-0.3, -0.25) is 0 Å². The molecule has 2 nitrogen and oxygen atoms in total. The molecule has 0 saturated heterocycles. The van der Waals surface area contributed by atoms with E-state index in [0.717, 1.165) is 0 Å². The molecule has 0 N–H and O–H groups in total. The van der Waals surface area contributed by atoms with Gasteiger partial charge in [-0.1, -0.05) is 11.6 Å². The van der Waals surface area contributed by atoms with E-state index >= 15 is 0 Å². The molecule has 0 saturated carbocycles. The van der Waals surface area contributed by atoms with E-state index in [9.17, 15) is 9.18 Å². The standard InChI is InChI=1S/C11H8ClFO2S/c1-2-15-11(14)10-5-7-8(13)3-6(12)4-9(7)16-10/h3-5H,2H2,1H3. The maximum atomic E-state index is 13.5.